The Labute approximate surface area is 88.1 Å². The van der Waals surface area contributed by atoms with E-state index in [1.807, 2.05) is 6.20 Å². The summed E-state index contributed by atoms with van der Waals surface area (Å²) in [6.07, 6.45) is 10.9. The third-order valence-electron chi connectivity index (χ3n) is 3.23. The molecular weight excluding hydrogens is 188 g/mol. The molecule has 1 aliphatic carbocycles. The Hall–Kier alpha value is -1.58. The van der Waals surface area contributed by atoms with Crippen molar-refractivity contribution in [2.45, 2.75) is 31.6 Å². The van der Waals surface area contributed by atoms with Gasteiger partial charge < -0.3 is 5.73 Å². The van der Waals surface area contributed by atoms with Crippen LogP contribution in [0.3, 0.4) is 0 Å². The zero-order chi connectivity index (χ0) is 10.3. The lowest BCUT2D eigenvalue weighted by atomic mass is 10.0. The fraction of sp³-hybridized carbons (Fsp3) is 0.455. The van der Waals surface area contributed by atoms with Crippen LogP contribution in [0, 0.1) is 0 Å². The van der Waals surface area contributed by atoms with E-state index in [1.165, 1.54) is 31.2 Å². The van der Waals surface area contributed by atoms with Crippen molar-refractivity contribution in [2.24, 2.45) is 0 Å². The van der Waals surface area contributed by atoms with Crippen LogP contribution in [0.4, 0.5) is 5.69 Å². The lowest BCUT2D eigenvalue weighted by molar-refractivity contribution is 0.707. The molecule has 0 aliphatic heterocycles. The minimum Gasteiger partial charge on any atom is -0.394 e. The Morgan fingerprint density at radius 2 is 2.07 bits per heavy atom. The highest BCUT2D eigenvalue weighted by Gasteiger charge is 2.18. The van der Waals surface area contributed by atoms with Crippen LogP contribution in [0.25, 0.3) is 5.65 Å². The van der Waals surface area contributed by atoms with Crippen molar-refractivity contribution >= 4 is 11.3 Å². The minimum atomic E-state index is 0.646. The molecular formula is C11H14N4. The summed E-state index contributed by atoms with van der Waals surface area (Å²) in [5, 5.41) is 4.18. The van der Waals surface area contributed by atoms with Gasteiger partial charge in [0.05, 0.1) is 11.9 Å². The molecule has 2 aromatic heterocycles. The molecule has 1 fully saturated rings. The third-order valence-corrected chi connectivity index (χ3v) is 3.23. The molecule has 78 valence electrons. The highest BCUT2D eigenvalue weighted by molar-refractivity contribution is 5.62. The van der Waals surface area contributed by atoms with E-state index in [2.05, 4.69) is 16.3 Å². The van der Waals surface area contributed by atoms with Crippen molar-refractivity contribution < 1.29 is 0 Å². The van der Waals surface area contributed by atoms with Gasteiger partial charge in [0.1, 0.15) is 0 Å². The Morgan fingerprint density at radius 3 is 2.87 bits per heavy atom. The van der Waals surface area contributed by atoms with Crippen LogP contribution in [0.5, 0.6) is 0 Å². The maximum atomic E-state index is 5.73. The highest BCUT2D eigenvalue weighted by Crippen LogP contribution is 2.33. The zero-order valence-electron chi connectivity index (χ0n) is 8.56. The molecule has 0 saturated heterocycles. The van der Waals surface area contributed by atoms with Gasteiger partial charge in [0.25, 0.3) is 0 Å². The fourth-order valence-electron chi connectivity index (χ4n) is 2.38. The van der Waals surface area contributed by atoms with Gasteiger partial charge in [-0.2, -0.15) is 5.10 Å². The monoisotopic (exact) mass is 202 g/mol. The van der Waals surface area contributed by atoms with E-state index in [-0.39, 0.29) is 0 Å². The Balaban J connectivity index is 2.05. The summed E-state index contributed by atoms with van der Waals surface area (Å²) in [6, 6.07) is 0. The molecule has 0 amide bonds. The van der Waals surface area contributed by atoms with Gasteiger partial charge in [0, 0.05) is 12.4 Å². The molecule has 2 heterocycles. The average Bonchev–Trinajstić information content (AvgIpc) is 2.88. The number of anilines is 1. The number of rotatable bonds is 1. The largest absolute Gasteiger partial charge is 0.394 e. The van der Waals surface area contributed by atoms with Crippen molar-refractivity contribution in [1.82, 2.24) is 14.6 Å². The SMILES string of the molecule is Nc1cnn2cc(C3CCCC3)cnc12. The van der Waals surface area contributed by atoms with Crippen LogP contribution in [-0.4, -0.2) is 14.6 Å². The van der Waals surface area contributed by atoms with E-state index in [9.17, 15) is 0 Å². The Morgan fingerprint density at radius 1 is 1.27 bits per heavy atom. The number of nitrogen functional groups attached to an aromatic ring is 1. The van der Waals surface area contributed by atoms with E-state index in [4.69, 9.17) is 5.73 Å². The van der Waals surface area contributed by atoms with Gasteiger partial charge in [-0.3, -0.25) is 0 Å². The van der Waals surface area contributed by atoms with Crippen molar-refractivity contribution in [3.8, 4) is 0 Å². The maximum absolute atomic E-state index is 5.73. The summed E-state index contributed by atoms with van der Waals surface area (Å²) in [5.41, 5.74) is 8.44. The molecule has 1 aliphatic rings. The summed E-state index contributed by atoms with van der Waals surface area (Å²) in [5.74, 6) is 0.673. The van der Waals surface area contributed by atoms with Crippen LogP contribution < -0.4 is 5.73 Å². The quantitative estimate of drug-likeness (QED) is 0.769. The molecule has 3 rings (SSSR count). The van der Waals surface area contributed by atoms with Crippen LogP contribution in [0.1, 0.15) is 37.2 Å². The first kappa shape index (κ1) is 8.71. The number of hydrogen-bond acceptors (Lipinski definition) is 3. The van der Waals surface area contributed by atoms with Gasteiger partial charge in [0.15, 0.2) is 5.65 Å². The van der Waals surface area contributed by atoms with Crippen molar-refractivity contribution in [3.63, 3.8) is 0 Å². The van der Waals surface area contributed by atoms with Gasteiger partial charge >= 0.3 is 0 Å². The molecule has 0 aromatic carbocycles. The van der Waals surface area contributed by atoms with E-state index in [0.29, 0.717) is 11.6 Å². The smallest absolute Gasteiger partial charge is 0.178 e. The summed E-state index contributed by atoms with van der Waals surface area (Å²) < 4.78 is 1.78. The summed E-state index contributed by atoms with van der Waals surface area (Å²) >= 11 is 0. The predicted octanol–water partition coefficient (Wildman–Crippen LogP) is 1.97. The molecule has 4 nitrogen and oxygen atoms in total. The molecule has 4 heteroatoms. The molecule has 1 saturated carbocycles. The molecule has 0 atom stereocenters. The van der Waals surface area contributed by atoms with Crippen LogP contribution in [0.2, 0.25) is 0 Å². The summed E-state index contributed by atoms with van der Waals surface area (Å²) in [7, 11) is 0. The number of hydrogen-bond donors (Lipinski definition) is 1. The fourth-order valence-corrected chi connectivity index (χ4v) is 2.38. The first-order chi connectivity index (χ1) is 7.34. The lowest BCUT2D eigenvalue weighted by Crippen LogP contribution is -1.99. The number of nitrogens with two attached hydrogens (primary N) is 1. The normalized spacial score (nSPS) is 17.6. The van der Waals surface area contributed by atoms with Crippen LogP contribution in [-0.2, 0) is 0 Å². The van der Waals surface area contributed by atoms with Crippen LogP contribution in [0.15, 0.2) is 18.6 Å². The van der Waals surface area contributed by atoms with Gasteiger partial charge in [-0.05, 0) is 24.3 Å². The van der Waals surface area contributed by atoms with Gasteiger partial charge in [-0.25, -0.2) is 9.50 Å². The molecule has 2 aromatic rings. The standard InChI is InChI=1S/C11H14N4/c12-10-6-14-15-7-9(5-13-11(10)15)8-3-1-2-4-8/h5-8H,1-4,12H2. The molecule has 0 radical (unpaired) electrons. The molecule has 0 spiro atoms. The van der Waals surface area contributed by atoms with Crippen molar-refractivity contribution in [2.75, 3.05) is 5.73 Å². The van der Waals surface area contributed by atoms with E-state index < -0.39 is 0 Å². The molecule has 0 bridgehead atoms. The second-order valence-corrected chi connectivity index (χ2v) is 4.24. The second-order valence-electron chi connectivity index (χ2n) is 4.24. The molecule has 2 N–H and O–H groups in total. The first-order valence-corrected chi connectivity index (χ1v) is 5.43. The minimum absolute atomic E-state index is 0.646. The molecule has 15 heavy (non-hydrogen) atoms. The van der Waals surface area contributed by atoms with E-state index >= 15 is 0 Å². The van der Waals surface area contributed by atoms with Crippen LogP contribution >= 0.6 is 0 Å². The number of fused-ring (bicyclic) bond motifs is 1. The zero-order valence-corrected chi connectivity index (χ0v) is 8.56. The summed E-state index contributed by atoms with van der Waals surface area (Å²) in [4.78, 5) is 4.36. The third kappa shape index (κ3) is 1.37. The Bertz CT molecular complexity index is 482. The maximum Gasteiger partial charge on any atom is 0.178 e. The number of nitrogens with zero attached hydrogens (tertiary/aromatic N) is 3. The first-order valence-electron chi connectivity index (χ1n) is 5.43. The van der Waals surface area contributed by atoms with Gasteiger partial charge in [0.2, 0.25) is 0 Å². The summed E-state index contributed by atoms with van der Waals surface area (Å²) in [6.45, 7) is 0. The van der Waals surface area contributed by atoms with E-state index in [0.717, 1.165) is 5.65 Å². The Kier molecular flexibility index (Phi) is 1.87. The van der Waals surface area contributed by atoms with Crippen molar-refractivity contribution in [1.29, 1.82) is 0 Å². The molecule has 0 unspecified atom stereocenters. The lowest BCUT2D eigenvalue weighted by Gasteiger charge is -2.08. The highest BCUT2D eigenvalue weighted by atomic mass is 15.2. The van der Waals surface area contributed by atoms with Gasteiger partial charge in [-0.1, -0.05) is 12.8 Å². The topological polar surface area (TPSA) is 56.2 Å². The second kappa shape index (κ2) is 3.22. The predicted molar refractivity (Wildman–Crippen MR) is 58.6 cm³/mol. The van der Waals surface area contributed by atoms with E-state index in [1.54, 1.807) is 10.7 Å². The van der Waals surface area contributed by atoms with Gasteiger partial charge in [-0.15, -0.1) is 0 Å². The van der Waals surface area contributed by atoms with Crippen molar-refractivity contribution in [3.05, 3.63) is 24.2 Å². The number of aromatic nitrogens is 3. The average molecular weight is 202 g/mol.